The Labute approximate surface area is 106 Å². The van der Waals surface area contributed by atoms with E-state index in [0.717, 1.165) is 25.9 Å². The van der Waals surface area contributed by atoms with Crippen LogP contribution < -0.4 is 5.73 Å². The number of pyridine rings is 1. The van der Waals surface area contributed by atoms with Crippen LogP contribution in [-0.4, -0.2) is 28.9 Å². The number of hydrogen-bond donors (Lipinski definition) is 1. The molecular formula is C12H16ClN3O. The highest BCUT2D eigenvalue weighted by Gasteiger charge is 2.19. The van der Waals surface area contributed by atoms with Crippen LogP contribution in [0.15, 0.2) is 12.3 Å². The molecule has 0 unspecified atom stereocenters. The van der Waals surface area contributed by atoms with Crippen molar-refractivity contribution in [1.82, 2.24) is 9.88 Å². The second kappa shape index (κ2) is 5.36. The van der Waals surface area contributed by atoms with Gasteiger partial charge in [-0.05, 0) is 18.9 Å². The summed E-state index contributed by atoms with van der Waals surface area (Å²) in [4.78, 5) is 18.0. The first kappa shape index (κ1) is 12.2. The van der Waals surface area contributed by atoms with Gasteiger partial charge in [0.1, 0.15) is 5.82 Å². The molecule has 2 rings (SSSR count). The molecule has 0 spiro atoms. The van der Waals surface area contributed by atoms with E-state index in [0.29, 0.717) is 16.4 Å². The van der Waals surface area contributed by atoms with E-state index < -0.39 is 0 Å². The molecule has 5 heteroatoms. The number of nitrogen functional groups attached to an aromatic ring is 1. The van der Waals surface area contributed by atoms with Crippen molar-refractivity contribution in [1.29, 1.82) is 0 Å². The molecule has 2 N–H and O–H groups in total. The van der Waals surface area contributed by atoms with E-state index in [2.05, 4.69) is 4.98 Å². The van der Waals surface area contributed by atoms with Crippen LogP contribution >= 0.6 is 11.6 Å². The van der Waals surface area contributed by atoms with Crippen LogP contribution in [-0.2, 0) is 0 Å². The van der Waals surface area contributed by atoms with Crippen molar-refractivity contribution >= 4 is 23.3 Å². The molecular weight excluding hydrogens is 238 g/mol. The highest BCUT2D eigenvalue weighted by Crippen LogP contribution is 2.20. The number of rotatable bonds is 1. The Bertz CT molecular complexity index is 414. The summed E-state index contributed by atoms with van der Waals surface area (Å²) < 4.78 is 0. The number of aromatic nitrogens is 1. The second-order valence-corrected chi connectivity index (χ2v) is 4.70. The molecule has 1 fully saturated rings. The summed E-state index contributed by atoms with van der Waals surface area (Å²) in [7, 11) is 0. The standard InChI is InChI=1S/C12H16ClN3O/c13-10-8-15-11(14)7-9(10)12(17)16-5-3-1-2-4-6-16/h7-8H,1-6H2,(H2,14,15). The van der Waals surface area contributed by atoms with E-state index >= 15 is 0 Å². The smallest absolute Gasteiger partial charge is 0.255 e. The first-order chi connectivity index (χ1) is 8.18. The van der Waals surface area contributed by atoms with Gasteiger partial charge >= 0.3 is 0 Å². The van der Waals surface area contributed by atoms with Crippen molar-refractivity contribution in [2.45, 2.75) is 25.7 Å². The van der Waals surface area contributed by atoms with Crippen molar-refractivity contribution in [2.24, 2.45) is 0 Å². The SMILES string of the molecule is Nc1cc(C(=O)N2CCCCCC2)c(Cl)cn1. The van der Waals surface area contributed by atoms with E-state index in [1.165, 1.54) is 19.0 Å². The summed E-state index contributed by atoms with van der Waals surface area (Å²) in [5, 5.41) is 0.369. The van der Waals surface area contributed by atoms with E-state index in [1.807, 2.05) is 4.90 Å². The van der Waals surface area contributed by atoms with Crippen LogP contribution in [0.4, 0.5) is 5.82 Å². The molecule has 2 heterocycles. The molecule has 1 aliphatic rings. The highest BCUT2D eigenvalue weighted by atomic mass is 35.5. The summed E-state index contributed by atoms with van der Waals surface area (Å²) in [5.74, 6) is 0.290. The maximum atomic E-state index is 12.3. The fraction of sp³-hybridized carbons (Fsp3) is 0.500. The van der Waals surface area contributed by atoms with Crippen LogP contribution in [0.3, 0.4) is 0 Å². The van der Waals surface area contributed by atoms with Crippen molar-refractivity contribution in [3.05, 3.63) is 22.8 Å². The zero-order valence-corrected chi connectivity index (χ0v) is 10.4. The fourth-order valence-electron chi connectivity index (χ4n) is 2.06. The average Bonchev–Trinajstić information content (AvgIpc) is 2.60. The summed E-state index contributed by atoms with van der Waals surface area (Å²) in [6.07, 6.45) is 5.93. The van der Waals surface area contributed by atoms with Gasteiger partial charge in [-0.3, -0.25) is 4.79 Å². The number of nitrogens with zero attached hydrogens (tertiary/aromatic N) is 2. The Kier molecular flexibility index (Phi) is 3.84. The van der Waals surface area contributed by atoms with Crippen molar-refractivity contribution in [3.63, 3.8) is 0 Å². The fourth-order valence-corrected chi connectivity index (χ4v) is 2.25. The Balaban J connectivity index is 2.20. The number of nitrogens with two attached hydrogens (primary N) is 1. The van der Waals surface area contributed by atoms with E-state index in [9.17, 15) is 4.79 Å². The van der Waals surface area contributed by atoms with Crippen molar-refractivity contribution in [3.8, 4) is 0 Å². The maximum absolute atomic E-state index is 12.3. The topological polar surface area (TPSA) is 59.2 Å². The van der Waals surface area contributed by atoms with Crippen molar-refractivity contribution < 1.29 is 4.79 Å². The molecule has 0 radical (unpaired) electrons. The molecule has 4 nitrogen and oxygen atoms in total. The number of anilines is 1. The number of carbonyl (C=O) groups is 1. The lowest BCUT2D eigenvalue weighted by Gasteiger charge is -2.20. The minimum atomic E-state index is -0.0361. The normalized spacial score (nSPS) is 16.6. The van der Waals surface area contributed by atoms with Gasteiger partial charge in [0.15, 0.2) is 0 Å². The summed E-state index contributed by atoms with van der Waals surface area (Å²) in [6.45, 7) is 1.61. The predicted molar refractivity (Wildman–Crippen MR) is 68.0 cm³/mol. The molecule has 0 saturated carbocycles. The first-order valence-electron chi connectivity index (χ1n) is 5.89. The summed E-state index contributed by atoms with van der Waals surface area (Å²) in [5.41, 5.74) is 6.04. The number of halogens is 1. The third kappa shape index (κ3) is 2.88. The molecule has 1 aromatic rings. The zero-order chi connectivity index (χ0) is 12.3. The molecule has 1 aromatic heterocycles. The maximum Gasteiger partial charge on any atom is 0.255 e. The van der Waals surface area contributed by atoms with Gasteiger partial charge in [-0.25, -0.2) is 4.98 Å². The Hall–Kier alpha value is -1.29. The van der Waals surface area contributed by atoms with Gasteiger partial charge in [0.05, 0.1) is 10.6 Å². The first-order valence-corrected chi connectivity index (χ1v) is 6.26. The van der Waals surface area contributed by atoms with Gasteiger partial charge in [0.25, 0.3) is 5.91 Å². The molecule has 0 bridgehead atoms. The van der Waals surface area contributed by atoms with E-state index in [-0.39, 0.29) is 5.91 Å². The summed E-state index contributed by atoms with van der Waals surface area (Å²) in [6, 6.07) is 1.55. The number of hydrogen-bond acceptors (Lipinski definition) is 3. The minimum Gasteiger partial charge on any atom is -0.384 e. The Morgan fingerprint density at radius 2 is 1.94 bits per heavy atom. The molecule has 0 atom stereocenters. The lowest BCUT2D eigenvalue weighted by molar-refractivity contribution is 0.0762. The van der Waals surface area contributed by atoms with Gasteiger partial charge in [0.2, 0.25) is 0 Å². The van der Waals surface area contributed by atoms with Crippen LogP contribution in [0.1, 0.15) is 36.0 Å². The lowest BCUT2D eigenvalue weighted by atomic mass is 10.2. The van der Waals surface area contributed by atoms with Crippen LogP contribution in [0, 0.1) is 0 Å². The van der Waals surface area contributed by atoms with Crippen LogP contribution in [0.5, 0.6) is 0 Å². The summed E-state index contributed by atoms with van der Waals surface area (Å²) >= 11 is 5.99. The number of amides is 1. The number of carbonyl (C=O) groups excluding carboxylic acids is 1. The molecule has 0 aromatic carbocycles. The lowest BCUT2D eigenvalue weighted by Crippen LogP contribution is -2.32. The van der Waals surface area contributed by atoms with Gasteiger partial charge in [-0.15, -0.1) is 0 Å². The van der Waals surface area contributed by atoms with Crippen molar-refractivity contribution in [2.75, 3.05) is 18.8 Å². The largest absolute Gasteiger partial charge is 0.384 e. The van der Waals surface area contributed by atoms with Gasteiger partial charge < -0.3 is 10.6 Å². The van der Waals surface area contributed by atoms with Crippen LogP contribution in [0.2, 0.25) is 5.02 Å². The third-order valence-corrected chi connectivity index (χ3v) is 3.30. The van der Waals surface area contributed by atoms with E-state index in [1.54, 1.807) is 6.07 Å². The predicted octanol–water partition coefficient (Wildman–Crippen LogP) is 2.33. The molecule has 1 saturated heterocycles. The monoisotopic (exact) mass is 253 g/mol. The van der Waals surface area contributed by atoms with Crippen LogP contribution in [0.25, 0.3) is 0 Å². The quantitative estimate of drug-likeness (QED) is 0.836. The second-order valence-electron chi connectivity index (χ2n) is 4.30. The average molecular weight is 254 g/mol. The molecule has 17 heavy (non-hydrogen) atoms. The highest BCUT2D eigenvalue weighted by molar-refractivity contribution is 6.33. The van der Waals surface area contributed by atoms with E-state index in [4.69, 9.17) is 17.3 Å². The zero-order valence-electron chi connectivity index (χ0n) is 9.66. The number of likely N-dealkylation sites (tertiary alicyclic amines) is 1. The Morgan fingerprint density at radius 3 is 2.59 bits per heavy atom. The van der Waals surface area contributed by atoms with Gasteiger partial charge in [-0.1, -0.05) is 24.4 Å². The molecule has 1 amide bonds. The molecule has 92 valence electrons. The molecule has 0 aliphatic carbocycles. The minimum absolute atomic E-state index is 0.0361. The van der Waals surface area contributed by atoms with Gasteiger partial charge in [0, 0.05) is 19.3 Å². The third-order valence-electron chi connectivity index (χ3n) is 3.00. The molecule has 1 aliphatic heterocycles. The van der Waals surface area contributed by atoms with Gasteiger partial charge in [-0.2, -0.15) is 0 Å². The Morgan fingerprint density at radius 1 is 1.29 bits per heavy atom.